The van der Waals surface area contributed by atoms with E-state index in [0.717, 1.165) is 57.9 Å². The van der Waals surface area contributed by atoms with E-state index < -0.39 is 0 Å². The lowest BCUT2D eigenvalue weighted by Gasteiger charge is -2.23. The number of imidazole rings is 1. The second-order valence-electron chi connectivity index (χ2n) is 7.72. The van der Waals surface area contributed by atoms with E-state index in [4.69, 9.17) is 4.98 Å². The van der Waals surface area contributed by atoms with Gasteiger partial charge >= 0.3 is 4.87 Å². The first kappa shape index (κ1) is 18.8. The third-order valence-corrected chi connectivity index (χ3v) is 6.48. The minimum atomic E-state index is -0.113. The van der Waals surface area contributed by atoms with Crippen molar-refractivity contribution in [1.29, 1.82) is 0 Å². The van der Waals surface area contributed by atoms with Crippen LogP contribution >= 0.6 is 11.3 Å². The number of carbonyl (C=O) groups excluding carboxylic acids is 1. The van der Waals surface area contributed by atoms with Gasteiger partial charge in [0.2, 0.25) is 5.91 Å². The molecule has 0 aliphatic carbocycles. The van der Waals surface area contributed by atoms with Gasteiger partial charge in [-0.2, -0.15) is 0 Å². The third kappa shape index (κ3) is 3.35. The molecule has 7 heteroatoms. The Morgan fingerprint density at radius 2 is 2.00 bits per heavy atom. The molecule has 1 atom stereocenters. The molecule has 2 aromatic heterocycles. The predicted octanol–water partition coefficient (Wildman–Crippen LogP) is 4.13. The maximum Gasteiger partial charge on any atom is 0.308 e. The summed E-state index contributed by atoms with van der Waals surface area (Å²) in [6.45, 7) is 2.75. The molecule has 1 aliphatic heterocycles. The summed E-state index contributed by atoms with van der Waals surface area (Å²) in [6, 6.07) is 15.8. The number of aromatic amines is 1. The topological polar surface area (TPSA) is 71.0 Å². The zero-order valence-electron chi connectivity index (χ0n) is 16.7. The van der Waals surface area contributed by atoms with Gasteiger partial charge in [0.25, 0.3) is 0 Å². The maximum absolute atomic E-state index is 13.2. The van der Waals surface area contributed by atoms with Crippen molar-refractivity contribution in [2.75, 3.05) is 6.54 Å². The fourth-order valence-corrected chi connectivity index (χ4v) is 4.90. The zero-order chi connectivity index (χ0) is 20.7. The molecule has 4 aromatic rings. The van der Waals surface area contributed by atoms with Crippen LogP contribution in [-0.2, 0) is 11.3 Å². The highest BCUT2D eigenvalue weighted by Crippen LogP contribution is 2.32. The number of benzene rings is 2. The van der Waals surface area contributed by atoms with Gasteiger partial charge in [-0.25, -0.2) is 4.98 Å². The third-order valence-electron chi connectivity index (χ3n) is 5.72. The Morgan fingerprint density at radius 1 is 1.20 bits per heavy atom. The molecular weight excluding hydrogens is 396 g/mol. The Hall–Kier alpha value is -3.19. The molecule has 1 saturated heterocycles. The molecule has 30 heavy (non-hydrogen) atoms. The molecule has 0 spiro atoms. The molecule has 1 amide bonds. The lowest BCUT2D eigenvalue weighted by atomic mass is 10.1. The van der Waals surface area contributed by atoms with Crippen molar-refractivity contribution in [3.8, 4) is 11.3 Å². The summed E-state index contributed by atoms with van der Waals surface area (Å²) in [5.74, 6) is 0.769. The lowest BCUT2D eigenvalue weighted by molar-refractivity contribution is -0.132. The van der Waals surface area contributed by atoms with E-state index in [1.165, 1.54) is 0 Å². The van der Waals surface area contributed by atoms with E-state index in [1.54, 1.807) is 4.57 Å². The summed E-state index contributed by atoms with van der Waals surface area (Å²) in [4.78, 5) is 35.5. The summed E-state index contributed by atoms with van der Waals surface area (Å²) in [5.41, 5.74) is 4.77. The smallest absolute Gasteiger partial charge is 0.308 e. The largest absolute Gasteiger partial charge is 0.340 e. The molecule has 6 nitrogen and oxygen atoms in total. The maximum atomic E-state index is 13.2. The van der Waals surface area contributed by atoms with E-state index in [9.17, 15) is 9.59 Å². The van der Waals surface area contributed by atoms with Crippen molar-refractivity contribution < 1.29 is 4.79 Å². The van der Waals surface area contributed by atoms with Crippen LogP contribution in [0.5, 0.6) is 0 Å². The highest BCUT2D eigenvalue weighted by Gasteiger charge is 2.32. The number of aryl methyl sites for hydroxylation is 1. The van der Waals surface area contributed by atoms with Crippen LogP contribution in [0.3, 0.4) is 0 Å². The number of para-hydroxylation sites is 2. The molecular formula is C23H22N4O2S. The Balaban J connectivity index is 1.42. The van der Waals surface area contributed by atoms with Gasteiger partial charge in [0.1, 0.15) is 12.4 Å². The first-order valence-corrected chi connectivity index (χ1v) is 11.0. The first-order valence-electron chi connectivity index (χ1n) is 10.1. The fraction of sp³-hybridized carbons (Fsp3) is 0.261. The van der Waals surface area contributed by atoms with E-state index in [1.807, 2.05) is 65.7 Å². The van der Waals surface area contributed by atoms with Crippen molar-refractivity contribution >= 4 is 28.3 Å². The average Bonchev–Trinajstić information content (AvgIpc) is 3.47. The molecule has 1 unspecified atom stereocenters. The van der Waals surface area contributed by atoms with E-state index in [0.29, 0.717) is 6.54 Å². The van der Waals surface area contributed by atoms with Crippen LogP contribution in [0.15, 0.2) is 58.7 Å². The first-order chi connectivity index (χ1) is 14.6. The number of nitrogens with zero attached hydrogens (tertiary/aromatic N) is 3. The predicted molar refractivity (Wildman–Crippen MR) is 119 cm³/mol. The van der Waals surface area contributed by atoms with Crippen LogP contribution in [0.25, 0.3) is 22.3 Å². The minimum absolute atomic E-state index is 0.0439. The number of rotatable bonds is 4. The Morgan fingerprint density at radius 3 is 2.80 bits per heavy atom. The number of fused-ring (bicyclic) bond motifs is 1. The Labute approximate surface area is 177 Å². The molecule has 2 aromatic carbocycles. The Bertz CT molecular complexity index is 1240. The summed E-state index contributed by atoms with van der Waals surface area (Å²) in [5, 5.41) is 1.83. The molecule has 152 valence electrons. The molecule has 1 N–H and O–H groups in total. The quantitative estimate of drug-likeness (QED) is 0.542. The van der Waals surface area contributed by atoms with E-state index >= 15 is 0 Å². The van der Waals surface area contributed by atoms with Gasteiger partial charge in [-0.05, 0) is 37.5 Å². The van der Waals surface area contributed by atoms with Crippen LogP contribution in [0.2, 0.25) is 0 Å². The SMILES string of the molecule is Cc1ccc(-c2csc(=O)n2CC(=O)N2CCCC2c2nc3ccccc3[nH]2)cc1. The molecule has 0 saturated carbocycles. The van der Waals surface area contributed by atoms with Crippen molar-refractivity contribution in [2.45, 2.75) is 32.4 Å². The van der Waals surface area contributed by atoms with Crippen molar-refractivity contribution in [3.63, 3.8) is 0 Å². The van der Waals surface area contributed by atoms with Gasteiger partial charge in [-0.1, -0.05) is 53.3 Å². The van der Waals surface area contributed by atoms with Gasteiger partial charge in [0.15, 0.2) is 0 Å². The van der Waals surface area contributed by atoms with Crippen LogP contribution < -0.4 is 4.87 Å². The number of hydrogen-bond acceptors (Lipinski definition) is 4. The molecule has 0 bridgehead atoms. The monoisotopic (exact) mass is 418 g/mol. The second kappa shape index (κ2) is 7.57. The minimum Gasteiger partial charge on any atom is -0.340 e. The molecule has 5 rings (SSSR count). The van der Waals surface area contributed by atoms with Gasteiger partial charge in [0, 0.05) is 11.9 Å². The number of thiazole rings is 1. The van der Waals surface area contributed by atoms with Gasteiger partial charge in [-0.3, -0.25) is 14.2 Å². The zero-order valence-corrected chi connectivity index (χ0v) is 17.5. The average molecular weight is 419 g/mol. The highest BCUT2D eigenvalue weighted by molar-refractivity contribution is 7.07. The summed E-state index contributed by atoms with van der Waals surface area (Å²) in [6.07, 6.45) is 1.80. The fourth-order valence-electron chi connectivity index (χ4n) is 4.14. The number of hydrogen-bond donors (Lipinski definition) is 1. The van der Waals surface area contributed by atoms with Gasteiger partial charge in [-0.15, -0.1) is 0 Å². The standard InChI is InChI=1S/C23H22N4O2S/c1-15-8-10-16(11-9-15)20-14-30-23(29)27(20)13-21(28)26-12-4-7-19(26)22-24-17-5-2-3-6-18(17)25-22/h2-3,5-6,8-11,14,19H,4,7,12-13H2,1H3,(H,24,25). The summed E-state index contributed by atoms with van der Waals surface area (Å²) < 4.78 is 1.59. The van der Waals surface area contributed by atoms with Gasteiger partial charge in [0.05, 0.1) is 22.8 Å². The van der Waals surface area contributed by atoms with Gasteiger partial charge < -0.3 is 9.88 Å². The number of aromatic nitrogens is 3. The van der Waals surface area contributed by atoms with Crippen LogP contribution in [0, 0.1) is 6.92 Å². The highest BCUT2D eigenvalue weighted by atomic mass is 32.1. The second-order valence-corrected chi connectivity index (χ2v) is 8.54. The molecule has 1 fully saturated rings. The number of carbonyl (C=O) groups is 1. The molecule has 0 radical (unpaired) electrons. The van der Waals surface area contributed by atoms with Crippen LogP contribution in [0.1, 0.15) is 30.3 Å². The van der Waals surface area contributed by atoms with Crippen molar-refractivity contribution in [2.24, 2.45) is 0 Å². The molecule has 3 heterocycles. The number of likely N-dealkylation sites (tertiary alicyclic amines) is 1. The number of nitrogens with one attached hydrogen (secondary N) is 1. The normalized spacial score (nSPS) is 16.4. The van der Waals surface area contributed by atoms with Crippen LogP contribution in [0.4, 0.5) is 0 Å². The number of amides is 1. The van der Waals surface area contributed by atoms with Crippen LogP contribution in [-0.4, -0.2) is 31.9 Å². The Kier molecular flexibility index (Phi) is 4.75. The molecule has 1 aliphatic rings. The summed E-state index contributed by atoms with van der Waals surface area (Å²) in [7, 11) is 0. The summed E-state index contributed by atoms with van der Waals surface area (Å²) >= 11 is 1.13. The van der Waals surface area contributed by atoms with E-state index in [2.05, 4.69) is 4.98 Å². The lowest BCUT2D eigenvalue weighted by Crippen LogP contribution is -2.35. The van der Waals surface area contributed by atoms with E-state index in [-0.39, 0.29) is 23.4 Å². The number of H-pyrrole nitrogens is 1. The van der Waals surface area contributed by atoms with Crippen molar-refractivity contribution in [3.05, 3.63) is 75.0 Å². The van der Waals surface area contributed by atoms with Crippen molar-refractivity contribution in [1.82, 2.24) is 19.4 Å².